The van der Waals surface area contributed by atoms with Crippen molar-refractivity contribution in [3.63, 3.8) is 0 Å². The lowest BCUT2D eigenvalue weighted by Gasteiger charge is -2.09. The van der Waals surface area contributed by atoms with E-state index in [9.17, 15) is 23.3 Å². The molecule has 0 aliphatic rings. The molecule has 3 aromatic carbocycles. The second-order valence-electron chi connectivity index (χ2n) is 6.95. The van der Waals surface area contributed by atoms with Crippen LogP contribution in [-0.2, 0) is 19.7 Å². The molecule has 3 aromatic rings. The lowest BCUT2D eigenvalue weighted by Crippen LogP contribution is -2.13. The average molecular weight is 540 g/mol. The Kier molecular flexibility index (Phi) is 7.83. The van der Waals surface area contributed by atoms with E-state index in [-0.39, 0.29) is 22.1 Å². The smallest absolute Gasteiger partial charge is 0.339 e. The van der Waals surface area contributed by atoms with Gasteiger partial charge in [0.2, 0.25) is 5.91 Å². The van der Waals surface area contributed by atoms with Crippen molar-refractivity contribution in [2.45, 2.75) is 11.8 Å². The minimum absolute atomic E-state index is 0.00490. The standard InChI is InChI=1S/C24H18BrN3O5S/c1-16(29)27-20-9-11-23(12-10-20)34(31,32)33-22-4-2-3-17(14-22)13-18(15-26)24(30)28-21-7-5-19(25)6-8-21/h2-14H,1H3,(H,27,29)(H,28,30)/b18-13+. The zero-order chi connectivity index (χ0) is 24.7. The van der Waals surface area contributed by atoms with Crippen molar-refractivity contribution in [2.75, 3.05) is 10.6 Å². The first-order valence-corrected chi connectivity index (χ1v) is 12.0. The molecule has 0 atom stereocenters. The predicted octanol–water partition coefficient (Wildman–Crippen LogP) is 4.72. The molecule has 0 saturated heterocycles. The minimum atomic E-state index is -4.15. The molecule has 0 unspecified atom stereocenters. The van der Waals surface area contributed by atoms with Gasteiger partial charge in [-0.25, -0.2) is 0 Å². The number of anilines is 2. The molecule has 34 heavy (non-hydrogen) atoms. The fraction of sp³-hybridized carbons (Fsp3) is 0.0417. The third-order valence-electron chi connectivity index (χ3n) is 4.31. The van der Waals surface area contributed by atoms with E-state index in [0.717, 1.165) is 4.47 Å². The van der Waals surface area contributed by atoms with E-state index in [2.05, 4.69) is 26.6 Å². The Bertz CT molecular complexity index is 1390. The normalized spacial score (nSPS) is 11.3. The summed E-state index contributed by atoms with van der Waals surface area (Å²) in [6.45, 7) is 1.34. The van der Waals surface area contributed by atoms with Crippen molar-refractivity contribution >= 4 is 55.3 Å². The van der Waals surface area contributed by atoms with Crippen LogP contribution in [0.3, 0.4) is 0 Å². The minimum Gasteiger partial charge on any atom is -0.379 e. The number of nitrogens with one attached hydrogen (secondary N) is 2. The number of hydrogen-bond donors (Lipinski definition) is 2. The van der Waals surface area contributed by atoms with Crippen LogP contribution in [0.1, 0.15) is 12.5 Å². The number of carbonyl (C=O) groups is 2. The van der Waals surface area contributed by atoms with Gasteiger partial charge >= 0.3 is 10.1 Å². The number of halogens is 1. The Morgan fingerprint density at radius 2 is 1.59 bits per heavy atom. The maximum Gasteiger partial charge on any atom is 0.339 e. The van der Waals surface area contributed by atoms with E-state index in [1.807, 2.05) is 6.07 Å². The van der Waals surface area contributed by atoms with Crippen molar-refractivity contribution in [2.24, 2.45) is 0 Å². The largest absolute Gasteiger partial charge is 0.379 e. The summed E-state index contributed by atoms with van der Waals surface area (Å²) in [5, 5.41) is 14.6. The highest BCUT2D eigenvalue weighted by Crippen LogP contribution is 2.23. The third kappa shape index (κ3) is 6.78. The summed E-state index contributed by atoms with van der Waals surface area (Å²) in [7, 11) is -4.15. The molecule has 0 heterocycles. The van der Waals surface area contributed by atoms with E-state index >= 15 is 0 Å². The SMILES string of the molecule is CC(=O)Nc1ccc(S(=O)(=O)Oc2cccc(/C=C(\C#N)C(=O)Nc3ccc(Br)cc3)c2)cc1. The summed E-state index contributed by atoms with van der Waals surface area (Å²) in [6.07, 6.45) is 1.33. The number of carbonyl (C=O) groups excluding carboxylic acids is 2. The molecule has 0 bridgehead atoms. The first kappa shape index (κ1) is 24.7. The van der Waals surface area contributed by atoms with Gasteiger partial charge in [0.15, 0.2) is 0 Å². The number of nitrogens with zero attached hydrogens (tertiary/aromatic N) is 1. The molecule has 3 rings (SSSR count). The van der Waals surface area contributed by atoms with Crippen LogP contribution < -0.4 is 14.8 Å². The molecule has 0 fully saturated rings. The quantitative estimate of drug-likeness (QED) is 0.254. The van der Waals surface area contributed by atoms with Crippen LogP contribution >= 0.6 is 15.9 Å². The molecule has 0 aromatic heterocycles. The van der Waals surface area contributed by atoms with Gasteiger partial charge in [-0.15, -0.1) is 0 Å². The van der Waals surface area contributed by atoms with Crippen LogP contribution in [0.15, 0.2) is 87.7 Å². The summed E-state index contributed by atoms with van der Waals surface area (Å²) < 4.78 is 31.3. The molecule has 0 aliphatic carbocycles. The second kappa shape index (κ2) is 10.8. The van der Waals surface area contributed by atoms with Crippen LogP contribution in [-0.4, -0.2) is 20.2 Å². The molecule has 0 spiro atoms. The summed E-state index contributed by atoms with van der Waals surface area (Å²) in [5.74, 6) is -0.882. The molecule has 10 heteroatoms. The molecular formula is C24H18BrN3O5S. The molecular weight excluding hydrogens is 522 g/mol. The van der Waals surface area contributed by atoms with E-state index < -0.39 is 16.0 Å². The van der Waals surface area contributed by atoms with Gasteiger partial charge in [-0.2, -0.15) is 13.7 Å². The summed E-state index contributed by atoms with van der Waals surface area (Å²) in [4.78, 5) is 23.5. The number of benzene rings is 3. The van der Waals surface area contributed by atoms with Crippen LogP contribution in [0.25, 0.3) is 6.08 Å². The van der Waals surface area contributed by atoms with Gasteiger partial charge in [-0.05, 0) is 72.3 Å². The lowest BCUT2D eigenvalue weighted by molar-refractivity contribution is -0.114. The Morgan fingerprint density at radius 1 is 0.971 bits per heavy atom. The summed E-state index contributed by atoms with van der Waals surface area (Å²) >= 11 is 3.31. The number of rotatable bonds is 7. The zero-order valence-corrected chi connectivity index (χ0v) is 20.2. The Balaban J connectivity index is 1.77. The van der Waals surface area contributed by atoms with Crippen molar-refractivity contribution in [1.82, 2.24) is 0 Å². The molecule has 2 amide bonds. The van der Waals surface area contributed by atoms with Crippen LogP contribution in [0.5, 0.6) is 5.75 Å². The average Bonchev–Trinajstić information content (AvgIpc) is 2.79. The van der Waals surface area contributed by atoms with Gasteiger partial charge in [-0.1, -0.05) is 28.1 Å². The highest BCUT2D eigenvalue weighted by atomic mass is 79.9. The number of hydrogen-bond acceptors (Lipinski definition) is 6. The zero-order valence-electron chi connectivity index (χ0n) is 17.8. The van der Waals surface area contributed by atoms with Gasteiger partial charge in [-0.3, -0.25) is 9.59 Å². The molecule has 0 aliphatic heterocycles. The van der Waals surface area contributed by atoms with Gasteiger partial charge in [0, 0.05) is 22.8 Å². The molecule has 8 nitrogen and oxygen atoms in total. The topological polar surface area (TPSA) is 125 Å². The van der Waals surface area contributed by atoms with Crippen molar-refractivity contribution < 1.29 is 22.2 Å². The van der Waals surface area contributed by atoms with Gasteiger partial charge in [0.05, 0.1) is 0 Å². The summed E-state index contributed by atoms with van der Waals surface area (Å²) in [5.41, 5.74) is 1.19. The molecule has 0 saturated carbocycles. The second-order valence-corrected chi connectivity index (χ2v) is 9.41. The lowest BCUT2D eigenvalue weighted by atomic mass is 10.1. The van der Waals surface area contributed by atoms with Crippen molar-refractivity contribution in [1.29, 1.82) is 5.26 Å². The van der Waals surface area contributed by atoms with Crippen LogP contribution in [0.4, 0.5) is 11.4 Å². The van der Waals surface area contributed by atoms with Gasteiger partial charge in [0.25, 0.3) is 5.91 Å². The number of amides is 2. The molecule has 2 N–H and O–H groups in total. The molecule has 172 valence electrons. The van der Waals surface area contributed by atoms with E-state index in [1.54, 1.807) is 30.3 Å². The molecule has 0 radical (unpaired) electrons. The maximum absolute atomic E-state index is 12.6. The van der Waals surface area contributed by atoms with E-state index in [0.29, 0.717) is 16.9 Å². The highest BCUT2D eigenvalue weighted by Gasteiger charge is 2.17. The fourth-order valence-electron chi connectivity index (χ4n) is 2.79. The van der Waals surface area contributed by atoms with Crippen molar-refractivity contribution in [3.8, 4) is 11.8 Å². The number of nitriles is 1. The first-order valence-electron chi connectivity index (χ1n) is 9.77. The van der Waals surface area contributed by atoms with Crippen LogP contribution in [0.2, 0.25) is 0 Å². The van der Waals surface area contributed by atoms with E-state index in [1.165, 1.54) is 55.5 Å². The first-order chi connectivity index (χ1) is 16.2. The Labute approximate surface area is 205 Å². The summed E-state index contributed by atoms with van der Waals surface area (Å²) in [6, 6.07) is 20.2. The Hall–Kier alpha value is -3.94. The van der Waals surface area contributed by atoms with Crippen molar-refractivity contribution in [3.05, 3.63) is 88.4 Å². The Morgan fingerprint density at radius 3 is 2.21 bits per heavy atom. The van der Waals surface area contributed by atoms with Gasteiger partial charge < -0.3 is 14.8 Å². The fourth-order valence-corrected chi connectivity index (χ4v) is 3.97. The highest BCUT2D eigenvalue weighted by molar-refractivity contribution is 9.10. The van der Waals surface area contributed by atoms with Gasteiger partial charge in [0.1, 0.15) is 22.3 Å². The van der Waals surface area contributed by atoms with E-state index in [4.69, 9.17) is 4.18 Å². The van der Waals surface area contributed by atoms with Crippen LogP contribution in [0, 0.1) is 11.3 Å². The predicted molar refractivity (Wildman–Crippen MR) is 131 cm³/mol. The monoisotopic (exact) mass is 539 g/mol. The third-order valence-corrected chi connectivity index (χ3v) is 6.10. The maximum atomic E-state index is 12.6.